The predicted molar refractivity (Wildman–Crippen MR) is 102 cm³/mol. The number of ether oxygens (including phenoxy) is 2. The van der Waals surface area contributed by atoms with Gasteiger partial charge in [-0.05, 0) is 60.4 Å². The van der Waals surface area contributed by atoms with Crippen molar-refractivity contribution in [2.75, 3.05) is 14.2 Å². The molecular weight excluding hydrogens is 322 g/mol. The van der Waals surface area contributed by atoms with Crippen molar-refractivity contribution in [3.63, 3.8) is 0 Å². The second kappa shape index (κ2) is 8.42. The lowest BCUT2D eigenvalue weighted by Gasteiger charge is -1.98. The van der Waals surface area contributed by atoms with Crippen molar-refractivity contribution in [2.24, 2.45) is 0 Å². The SMILES string of the molecule is COc1cccc(C#Cc2cccc(C#Cc3cccc(OC)c3)n2)c1. The summed E-state index contributed by atoms with van der Waals surface area (Å²) in [5.74, 6) is 13.9. The van der Waals surface area contributed by atoms with Crippen LogP contribution in [0.1, 0.15) is 22.5 Å². The lowest BCUT2D eigenvalue weighted by molar-refractivity contribution is 0.414. The first-order valence-electron chi connectivity index (χ1n) is 8.06. The lowest BCUT2D eigenvalue weighted by Crippen LogP contribution is -1.88. The van der Waals surface area contributed by atoms with E-state index in [9.17, 15) is 0 Å². The van der Waals surface area contributed by atoms with Gasteiger partial charge < -0.3 is 9.47 Å². The molecule has 3 rings (SSSR count). The third kappa shape index (κ3) is 4.66. The Bertz CT molecular complexity index is 952. The molecule has 2 aromatic carbocycles. The summed E-state index contributed by atoms with van der Waals surface area (Å²) in [6.07, 6.45) is 0. The third-order valence-corrected chi connectivity index (χ3v) is 3.56. The van der Waals surface area contributed by atoms with Crippen LogP contribution < -0.4 is 9.47 Å². The van der Waals surface area contributed by atoms with Gasteiger partial charge in [0, 0.05) is 11.1 Å². The first-order chi connectivity index (χ1) is 12.8. The number of pyridine rings is 1. The summed E-state index contributed by atoms with van der Waals surface area (Å²) in [6.45, 7) is 0. The Morgan fingerprint density at radius 3 is 1.54 bits per heavy atom. The number of rotatable bonds is 2. The highest BCUT2D eigenvalue weighted by molar-refractivity contribution is 5.46. The van der Waals surface area contributed by atoms with Gasteiger partial charge >= 0.3 is 0 Å². The number of hydrogen-bond acceptors (Lipinski definition) is 3. The highest BCUT2D eigenvalue weighted by Crippen LogP contribution is 2.12. The minimum Gasteiger partial charge on any atom is -0.497 e. The standard InChI is InChI=1S/C23H17NO2/c1-25-22-10-3-6-18(16-22)12-14-20-8-5-9-21(24-20)15-13-19-7-4-11-23(17-19)26-2/h3-11,16-17H,1-2H3. The fourth-order valence-electron chi connectivity index (χ4n) is 2.25. The number of methoxy groups -OCH3 is 2. The van der Waals surface area contributed by atoms with Crippen molar-refractivity contribution in [3.8, 4) is 35.2 Å². The van der Waals surface area contributed by atoms with Gasteiger partial charge in [0.25, 0.3) is 0 Å². The summed E-state index contributed by atoms with van der Waals surface area (Å²) in [5.41, 5.74) is 3.09. The van der Waals surface area contributed by atoms with Crippen LogP contribution in [0.5, 0.6) is 11.5 Å². The van der Waals surface area contributed by atoms with Gasteiger partial charge in [0.2, 0.25) is 0 Å². The summed E-state index contributed by atoms with van der Waals surface area (Å²) < 4.78 is 10.4. The fourth-order valence-corrected chi connectivity index (χ4v) is 2.25. The zero-order chi connectivity index (χ0) is 18.2. The van der Waals surface area contributed by atoms with Crippen molar-refractivity contribution >= 4 is 0 Å². The van der Waals surface area contributed by atoms with E-state index >= 15 is 0 Å². The maximum absolute atomic E-state index is 5.21. The molecule has 0 aliphatic rings. The zero-order valence-electron chi connectivity index (χ0n) is 14.6. The smallest absolute Gasteiger partial charge is 0.120 e. The molecule has 126 valence electrons. The summed E-state index contributed by atoms with van der Waals surface area (Å²) >= 11 is 0. The van der Waals surface area contributed by atoms with Crippen molar-refractivity contribution < 1.29 is 9.47 Å². The molecule has 1 aromatic heterocycles. The molecule has 0 saturated heterocycles. The Morgan fingerprint density at radius 2 is 1.08 bits per heavy atom. The Kier molecular flexibility index (Phi) is 5.55. The van der Waals surface area contributed by atoms with Crippen molar-refractivity contribution in [3.05, 3.63) is 89.2 Å². The highest BCUT2D eigenvalue weighted by Gasteiger charge is 1.95. The molecule has 3 nitrogen and oxygen atoms in total. The second-order valence-corrected chi connectivity index (χ2v) is 5.37. The first-order valence-corrected chi connectivity index (χ1v) is 8.06. The van der Waals surface area contributed by atoms with Gasteiger partial charge in [-0.1, -0.05) is 30.0 Å². The molecule has 0 radical (unpaired) electrons. The highest BCUT2D eigenvalue weighted by atomic mass is 16.5. The van der Waals surface area contributed by atoms with Gasteiger partial charge in [0.15, 0.2) is 0 Å². The Morgan fingerprint density at radius 1 is 0.615 bits per heavy atom. The molecule has 0 saturated carbocycles. The summed E-state index contributed by atoms with van der Waals surface area (Å²) in [7, 11) is 3.27. The third-order valence-electron chi connectivity index (χ3n) is 3.56. The van der Waals surface area contributed by atoms with Gasteiger partial charge in [-0.2, -0.15) is 0 Å². The van der Waals surface area contributed by atoms with Gasteiger partial charge in [0.1, 0.15) is 22.9 Å². The molecule has 0 aliphatic heterocycles. The quantitative estimate of drug-likeness (QED) is 0.664. The summed E-state index contributed by atoms with van der Waals surface area (Å²) in [6, 6.07) is 20.9. The van der Waals surface area contributed by atoms with E-state index < -0.39 is 0 Å². The summed E-state index contributed by atoms with van der Waals surface area (Å²) in [5, 5.41) is 0. The van der Waals surface area contributed by atoms with E-state index in [2.05, 4.69) is 28.7 Å². The van der Waals surface area contributed by atoms with Gasteiger partial charge in [0.05, 0.1) is 14.2 Å². The van der Waals surface area contributed by atoms with E-state index in [1.165, 1.54) is 0 Å². The molecule has 3 aromatic rings. The molecule has 0 N–H and O–H groups in total. The van der Waals surface area contributed by atoms with Crippen LogP contribution in [0.25, 0.3) is 0 Å². The largest absolute Gasteiger partial charge is 0.497 e. The summed E-state index contributed by atoms with van der Waals surface area (Å²) in [4.78, 5) is 4.48. The molecule has 1 heterocycles. The average molecular weight is 339 g/mol. The van der Waals surface area contributed by atoms with Crippen LogP contribution >= 0.6 is 0 Å². The predicted octanol–water partition coefficient (Wildman–Crippen LogP) is 3.90. The normalized spacial score (nSPS) is 9.31. The lowest BCUT2D eigenvalue weighted by atomic mass is 10.2. The van der Waals surface area contributed by atoms with Gasteiger partial charge in [-0.25, -0.2) is 4.98 Å². The molecule has 26 heavy (non-hydrogen) atoms. The molecule has 0 unspecified atom stereocenters. The maximum atomic E-state index is 5.21. The van der Waals surface area contributed by atoms with Crippen LogP contribution in [-0.2, 0) is 0 Å². The second-order valence-electron chi connectivity index (χ2n) is 5.37. The number of benzene rings is 2. The van der Waals surface area contributed by atoms with Crippen molar-refractivity contribution in [1.82, 2.24) is 4.98 Å². The van der Waals surface area contributed by atoms with Crippen LogP contribution in [0.15, 0.2) is 66.7 Å². The Hall–Kier alpha value is -3.69. The molecule has 0 amide bonds. The van der Waals surface area contributed by atoms with E-state index in [1.807, 2.05) is 66.7 Å². The Balaban J connectivity index is 1.81. The van der Waals surface area contributed by atoms with Crippen LogP contribution in [0.4, 0.5) is 0 Å². The number of aromatic nitrogens is 1. The number of nitrogens with zero attached hydrogens (tertiary/aromatic N) is 1. The van der Waals surface area contributed by atoms with E-state index in [-0.39, 0.29) is 0 Å². The molecular formula is C23H17NO2. The van der Waals surface area contributed by atoms with E-state index in [0.29, 0.717) is 11.4 Å². The van der Waals surface area contributed by atoms with E-state index in [1.54, 1.807) is 14.2 Å². The van der Waals surface area contributed by atoms with E-state index in [0.717, 1.165) is 22.6 Å². The minimum absolute atomic E-state index is 0.672. The zero-order valence-corrected chi connectivity index (χ0v) is 14.6. The molecule has 0 spiro atoms. The molecule has 0 bridgehead atoms. The van der Waals surface area contributed by atoms with Crippen LogP contribution in [0, 0.1) is 23.7 Å². The maximum Gasteiger partial charge on any atom is 0.120 e. The molecule has 3 heteroatoms. The van der Waals surface area contributed by atoms with Crippen molar-refractivity contribution in [2.45, 2.75) is 0 Å². The monoisotopic (exact) mass is 339 g/mol. The Labute approximate surface area is 153 Å². The van der Waals surface area contributed by atoms with Crippen molar-refractivity contribution in [1.29, 1.82) is 0 Å². The molecule has 0 aliphatic carbocycles. The average Bonchev–Trinajstić information content (AvgIpc) is 2.71. The first kappa shape index (κ1) is 17.1. The van der Waals surface area contributed by atoms with Gasteiger partial charge in [-0.3, -0.25) is 0 Å². The van der Waals surface area contributed by atoms with Crippen LogP contribution in [0.2, 0.25) is 0 Å². The topological polar surface area (TPSA) is 31.4 Å². The van der Waals surface area contributed by atoms with Crippen LogP contribution in [0.3, 0.4) is 0 Å². The van der Waals surface area contributed by atoms with E-state index in [4.69, 9.17) is 9.47 Å². The molecule has 0 fully saturated rings. The minimum atomic E-state index is 0.672. The number of hydrogen-bond donors (Lipinski definition) is 0. The van der Waals surface area contributed by atoms with Crippen LogP contribution in [-0.4, -0.2) is 19.2 Å². The van der Waals surface area contributed by atoms with Gasteiger partial charge in [-0.15, -0.1) is 0 Å². The fraction of sp³-hybridized carbons (Fsp3) is 0.0870. The molecule has 0 atom stereocenters.